The number of halogens is 2. The Kier molecular flexibility index (Phi) is 12.6. The van der Waals surface area contributed by atoms with E-state index in [-0.39, 0.29) is 44.2 Å². The summed E-state index contributed by atoms with van der Waals surface area (Å²) in [6, 6.07) is -0.664. The first-order valence-corrected chi connectivity index (χ1v) is 20.6. The molecule has 8 atom stereocenters. The van der Waals surface area contributed by atoms with Crippen molar-refractivity contribution in [1.82, 2.24) is 35.8 Å². The number of carbonyl (C=O) groups excluding carboxylic acids is 6. The maximum absolute atomic E-state index is 16.2. The summed E-state index contributed by atoms with van der Waals surface area (Å²) in [7, 11) is 0. The number of alkyl halides is 2. The molecule has 1 saturated carbocycles. The molecule has 3 N–H and O–H groups in total. The molecular weight excluding hydrogens is 751 g/mol. The van der Waals surface area contributed by atoms with Crippen LogP contribution in [0, 0.1) is 23.2 Å². The summed E-state index contributed by atoms with van der Waals surface area (Å²) in [6.45, 7) is 8.02. The van der Waals surface area contributed by atoms with Crippen molar-refractivity contribution in [1.29, 1.82) is 0 Å². The number of Topliss-reactive ketones (excluding diaryl/α,β-unsaturated/α-hetero) is 1. The number of rotatable bonds is 15. The van der Waals surface area contributed by atoms with Crippen molar-refractivity contribution in [2.75, 3.05) is 26.2 Å². The van der Waals surface area contributed by atoms with Crippen LogP contribution in [0.5, 0.6) is 0 Å². The number of amides is 4. The van der Waals surface area contributed by atoms with Crippen LogP contribution in [0.4, 0.5) is 8.78 Å². The minimum absolute atomic E-state index is 0.0236. The van der Waals surface area contributed by atoms with Crippen molar-refractivity contribution in [3.05, 3.63) is 54.4 Å². The molecule has 0 aromatic carbocycles. The second-order valence-corrected chi connectivity index (χ2v) is 17.9. The Morgan fingerprint density at radius 3 is 2.38 bits per heavy atom. The van der Waals surface area contributed by atoms with Crippen molar-refractivity contribution < 1.29 is 42.0 Å². The SMILES string of the molecule is CCC[C@@H](C(=O)C(=O)N[C@@H](C)c1ccncc1)[N+]12CCC(F)(F)C3CN(C(=O)[C@@H](NC[C@](C=O)(NC(=O)c4cnccn4)C4CCCCC4)C(C)(C)C)[C@H](C1=O)C3C2. The van der Waals surface area contributed by atoms with Gasteiger partial charge >= 0.3 is 5.91 Å². The fourth-order valence-corrected chi connectivity index (χ4v) is 10.0. The Balaban J connectivity index is 1.29. The molecule has 4 fully saturated rings. The Morgan fingerprint density at radius 2 is 1.76 bits per heavy atom. The van der Waals surface area contributed by atoms with Gasteiger partial charge in [-0.15, -0.1) is 0 Å². The van der Waals surface area contributed by atoms with Crippen LogP contribution in [0.15, 0.2) is 43.1 Å². The molecule has 5 heterocycles. The van der Waals surface area contributed by atoms with E-state index >= 15 is 8.78 Å². The molecule has 14 nitrogen and oxygen atoms in total. The molecule has 4 amide bonds. The number of hydrogen-bond acceptors (Lipinski definition) is 10. The van der Waals surface area contributed by atoms with Gasteiger partial charge in [-0.05, 0) is 48.8 Å². The fourth-order valence-electron chi connectivity index (χ4n) is 10.0. The highest BCUT2D eigenvalue weighted by molar-refractivity contribution is 6.38. The number of pyridine rings is 1. The lowest BCUT2D eigenvalue weighted by Gasteiger charge is -2.42. The van der Waals surface area contributed by atoms with E-state index in [2.05, 4.69) is 30.9 Å². The average molecular weight is 808 g/mol. The first-order valence-electron chi connectivity index (χ1n) is 20.6. The molecule has 16 heteroatoms. The zero-order valence-electron chi connectivity index (χ0n) is 34.1. The van der Waals surface area contributed by atoms with Gasteiger partial charge in [0.1, 0.15) is 17.5 Å². The summed E-state index contributed by atoms with van der Waals surface area (Å²) < 4.78 is 31.9. The molecule has 314 valence electrons. The molecule has 1 aliphatic carbocycles. The van der Waals surface area contributed by atoms with Crippen LogP contribution < -0.4 is 16.0 Å². The van der Waals surface area contributed by atoms with E-state index in [1.807, 2.05) is 6.92 Å². The maximum Gasteiger partial charge on any atom is 0.337 e. The molecular formula is C42H57F2N8O6+. The minimum Gasteiger partial charge on any atom is -0.343 e. The highest BCUT2D eigenvalue weighted by atomic mass is 19.3. The topological polar surface area (TPSA) is 180 Å². The van der Waals surface area contributed by atoms with E-state index in [1.54, 1.807) is 52.2 Å². The van der Waals surface area contributed by atoms with Crippen LogP contribution >= 0.6 is 0 Å². The second kappa shape index (κ2) is 17.0. The molecule has 0 spiro atoms. The van der Waals surface area contributed by atoms with Crippen molar-refractivity contribution in [3.63, 3.8) is 0 Å². The lowest BCUT2D eigenvalue weighted by molar-refractivity contribution is -0.864. The van der Waals surface area contributed by atoms with Crippen LogP contribution in [0.1, 0.15) is 108 Å². The molecule has 0 radical (unpaired) electrons. The predicted octanol–water partition coefficient (Wildman–Crippen LogP) is 3.58. The molecule has 2 aromatic rings. The van der Waals surface area contributed by atoms with E-state index in [4.69, 9.17) is 0 Å². The third-order valence-corrected chi connectivity index (χ3v) is 13.2. The largest absolute Gasteiger partial charge is 0.343 e. The van der Waals surface area contributed by atoms with Crippen LogP contribution in [-0.2, 0) is 24.0 Å². The van der Waals surface area contributed by atoms with Gasteiger partial charge in [0.15, 0.2) is 12.1 Å². The van der Waals surface area contributed by atoms with Gasteiger partial charge in [-0.1, -0.05) is 53.4 Å². The Hall–Kier alpha value is -4.57. The number of fused-ring (bicyclic) bond motifs is 1. The molecule has 3 unspecified atom stereocenters. The molecule has 4 aliphatic rings. The van der Waals surface area contributed by atoms with E-state index in [1.165, 1.54) is 23.5 Å². The highest BCUT2D eigenvalue weighted by Crippen LogP contribution is 2.52. The summed E-state index contributed by atoms with van der Waals surface area (Å²) in [5.74, 6) is -9.23. The Bertz CT molecular complexity index is 1860. The van der Waals surface area contributed by atoms with Crippen LogP contribution in [0.3, 0.4) is 0 Å². The maximum atomic E-state index is 16.2. The van der Waals surface area contributed by atoms with Crippen molar-refractivity contribution in [2.24, 2.45) is 23.2 Å². The summed E-state index contributed by atoms with van der Waals surface area (Å²) in [5, 5.41) is 8.93. The van der Waals surface area contributed by atoms with Crippen LogP contribution in [0.25, 0.3) is 0 Å². The van der Waals surface area contributed by atoms with Gasteiger partial charge in [-0.25, -0.2) is 23.0 Å². The number of hydrogen-bond donors (Lipinski definition) is 3. The van der Waals surface area contributed by atoms with Crippen molar-refractivity contribution >= 4 is 35.7 Å². The zero-order chi connectivity index (χ0) is 42.0. The number of quaternary nitrogens is 1. The molecule has 58 heavy (non-hydrogen) atoms. The standard InChI is InChI=1S/C42H56F2N8O6/c1-6-10-32(34(54)37(56)49-26(2)27-13-16-45-17-14-27)52-20-15-42(43,44)30-22-51(33(39(52)58)29(30)23-52)38(57)35(40(3,4)5)48-24-41(25-53,28-11-8-7-9-12-28)50-36(55)31-21-46-18-19-47-31/h13-14,16-19,21,25-26,28-30,32-33,35,48H,6-12,15,20,22-24H2,1-5H3,(H-,49,50,55,56)/p+1/t26-,29?,30?,32-,33-,35+,41+,52?/m0/s1. The fraction of sp³-hybridized carbons (Fsp3) is 0.643. The van der Waals surface area contributed by atoms with Crippen LogP contribution in [0.2, 0.25) is 0 Å². The molecule has 6 rings (SSSR count). The zero-order valence-corrected chi connectivity index (χ0v) is 34.1. The predicted molar refractivity (Wildman–Crippen MR) is 208 cm³/mol. The van der Waals surface area contributed by atoms with Crippen molar-refractivity contribution in [2.45, 2.75) is 122 Å². The number of aromatic nitrogens is 3. The van der Waals surface area contributed by atoms with Gasteiger partial charge in [0.05, 0.1) is 49.6 Å². The lowest BCUT2D eigenvalue weighted by atomic mass is 9.74. The molecule has 3 aliphatic heterocycles. The highest BCUT2D eigenvalue weighted by Gasteiger charge is 2.72. The third kappa shape index (κ3) is 8.18. The van der Waals surface area contributed by atoms with Crippen LogP contribution in [-0.4, -0.2) is 116 Å². The quantitative estimate of drug-likeness (QED) is 0.137. The van der Waals surface area contributed by atoms with E-state index in [0.29, 0.717) is 31.1 Å². The lowest BCUT2D eigenvalue weighted by Crippen LogP contribution is -2.66. The summed E-state index contributed by atoms with van der Waals surface area (Å²) >= 11 is 0. The molecule has 2 aromatic heterocycles. The van der Waals surface area contributed by atoms with Gasteiger partial charge in [0.25, 0.3) is 23.5 Å². The number of likely N-dealkylation sites (tertiary alicyclic amines) is 1. The van der Waals surface area contributed by atoms with E-state index < -0.39 is 93.2 Å². The van der Waals surface area contributed by atoms with Crippen molar-refractivity contribution in [3.8, 4) is 0 Å². The summed E-state index contributed by atoms with van der Waals surface area (Å²) in [5.41, 5.74) is -1.55. The van der Waals surface area contributed by atoms with E-state index in [0.717, 1.165) is 19.3 Å². The number of nitrogens with zero attached hydrogens (tertiary/aromatic N) is 5. The second-order valence-electron chi connectivity index (χ2n) is 17.9. The van der Waals surface area contributed by atoms with Gasteiger partial charge in [0.2, 0.25) is 5.91 Å². The number of carbonyl (C=O) groups is 6. The molecule has 3 saturated heterocycles. The minimum atomic E-state index is -3.25. The first kappa shape index (κ1) is 43.0. The van der Waals surface area contributed by atoms with Gasteiger partial charge < -0.3 is 25.6 Å². The monoisotopic (exact) mass is 807 g/mol. The Labute approximate surface area is 338 Å². The van der Waals surface area contributed by atoms with Gasteiger partial charge in [0, 0.05) is 44.3 Å². The first-order chi connectivity index (χ1) is 27.5. The Morgan fingerprint density at radius 1 is 1.05 bits per heavy atom. The number of ketones is 1. The molecule has 2 bridgehead atoms. The number of aldehydes is 1. The number of nitrogens with one attached hydrogen (secondary N) is 3. The summed E-state index contributed by atoms with van der Waals surface area (Å²) in [6.07, 6.45) is 11.8. The van der Waals surface area contributed by atoms with Gasteiger partial charge in [-0.3, -0.25) is 29.1 Å². The smallest absolute Gasteiger partial charge is 0.337 e. The van der Waals surface area contributed by atoms with Gasteiger partial charge in [-0.2, -0.15) is 0 Å². The van der Waals surface area contributed by atoms with E-state index in [9.17, 15) is 28.8 Å². The normalized spacial score (nSPS) is 26.8. The third-order valence-electron chi connectivity index (χ3n) is 13.2. The summed E-state index contributed by atoms with van der Waals surface area (Å²) in [4.78, 5) is 97.6. The average Bonchev–Trinajstić information content (AvgIpc) is 3.71.